The van der Waals surface area contributed by atoms with E-state index in [0.717, 1.165) is 43.0 Å². The lowest BCUT2D eigenvalue weighted by atomic mass is 9.93. The van der Waals surface area contributed by atoms with Crippen LogP contribution < -0.4 is 9.80 Å². The van der Waals surface area contributed by atoms with Crippen LogP contribution in [0.5, 0.6) is 0 Å². The van der Waals surface area contributed by atoms with E-state index in [1.807, 2.05) is 24.3 Å². The third-order valence-electron chi connectivity index (χ3n) is 7.47. The quantitative estimate of drug-likeness (QED) is 0.597. The summed E-state index contributed by atoms with van der Waals surface area (Å²) >= 11 is 0. The van der Waals surface area contributed by atoms with E-state index in [1.54, 1.807) is 11.1 Å². The molecular formula is C30H34FN4O+. The van der Waals surface area contributed by atoms with Crippen LogP contribution in [0.2, 0.25) is 0 Å². The lowest BCUT2D eigenvalue weighted by Crippen LogP contribution is -3.15. The summed E-state index contributed by atoms with van der Waals surface area (Å²) < 4.78 is 14.2. The molecule has 2 heterocycles. The Morgan fingerprint density at radius 3 is 2.42 bits per heavy atom. The molecule has 36 heavy (non-hydrogen) atoms. The molecule has 1 atom stereocenters. The highest BCUT2D eigenvalue weighted by Crippen LogP contribution is 2.35. The van der Waals surface area contributed by atoms with Gasteiger partial charge in [0, 0.05) is 12.0 Å². The van der Waals surface area contributed by atoms with E-state index in [-0.39, 0.29) is 17.8 Å². The Balaban J connectivity index is 1.34. The second-order valence-electron chi connectivity index (χ2n) is 10.0. The standard InChI is InChI=1S/C30H33FN4O/c1-21-12-13-24(23(3)18-21)27-19-29(25-9-5-4-8-22(25)2)35(32-27)30(36)20-33-14-16-34(17-15-33)28-11-7-6-10-26(28)31/h4-13,18,29H,14-17,19-20H2,1-3H3/p+1. The topological polar surface area (TPSA) is 40.4 Å². The van der Waals surface area contributed by atoms with Crippen molar-refractivity contribution < 1.29 is 14.1 Å². The summed E-state index contributed by atoms with van der Waals surface area (Å²) in [6.07, 6.45) is 0.705. The fourth-order valence-corrected chi connectivity index (χ4v) is 5.49. The largest absolute Gasteiger partial charge is 0.358 e. The summed E-state index contributed by atoms with van der Waals surface area (Å²) in [5.41, 5.74) is 7.44. The summed E-state index contributed by atoms with van der Waals surface area (Å²) in [7, 11) is 0. The van der Waals surface area contributed by atoms with Gasteiger partial charge in [-0.25, -0.2) is 9.40 Å². The number of halogens is 1. The minimum absolute atomic E-state index is 0.0392. The Kier molecular flexibility index (Phi) is 6.88. The first-order valence-corrected chi connectivity index (χ1v) is 12.8. The van der Waals surface area contributed by atoms with Gasteiger partial charge in [0.1, 0.15) is 5.82 Å². The molecule has 5 nitrogen and oxygen atoms in total. The number of hydrogen-bond acceptors (Lipinski definition) is 3. The number of quaternary nitrogens is 1. The lowest BCUT2D eigenvalue weighted by molar-refractivity contribution is -0.892. The number of rotatable bonds is 5. The number of amides is 1. The predicted molar refractivity (Wildman–Crippen MR) is 142 cm³/mol. The molecule has 2 aliphatic rings. The number of nitrogens with zero attached hydrogens (tertiary/aromatic N) is 3. The number of nitrogens with one attached hydrogen (secondary N) is 1. The number of piperazine rings is 1. The van der Waals surface area contributed by atoms with Crippen LogP contribution in [0, 0.1) is 26.6 Å². The number of para-hydroxylation sites is 1. The molecule has 1 amide bonds. The molecule has 186 valence electrons. The van der Waals surface area contributed by atoms with Gasteiger partial charge in [0.15, 0.2) is 6.54 Å². The average Bonchev–Trinajstić information content (AvgIpc) is 3.30. The molecular weight excluding hydrogens is 451 g/mol. The zero-order valence-corrected chi connectivity index (χ0v) is 21.3. The van der Waals surface area contributed by atoms with Crippen molar-refractivity contribution in [3.63, 3.8) is 0 Å². The van der Waals surface area contributed by atoms with Crippen LogP contribution in [0.15, 0.2) is 71.8 Å². The Hall–Kier alpha value is -3.51. The van der Waals surface area contributed by atoms with Crippen LogP contribution in [-0.4, -0.2) is 49.4 Å². The average molecular weight is 486 g/mol. The molecule has 0 spiro atoms. The molecule has 1 saturated heterocycles. The van der Waals surface area contributed by atoms with Crippen LogP contribution in [-0.2, 0) is 4.79 Å². The number of hydrogen-bond donors (Lipinski definition) is 1. The van der Waals surface area contributed by atoms with Crippen LogP contribution >= 0.6 is 0 Å². The third-order valence-corrected chi connectivity index (χ3v) is 7.47. The normalized spacial score (nSPS) is 18.4. The molecule has 0 aromatic heterocycles. The molecule has 0 radical (unpaired) electrons. The second kappa shape index (κ2) is 10.2. The first-order valence-electron chi connectivity index (χ1n) is 12.8. The molecule has 1 unspecified atom stereocenters. The summed E-state index contributed by atoms with van der Waals surface area (Å²) in [4.78, 5) is 16.9. The van der Waals surface area contributed by atoms with Gasteiger partial charge in [-0.3, -0.25) is 4.79 Å². The molecule has 1 fully saturated rings. The SMILES string of the molecule is Cc1ccc(C2=NN(C(=O)C[NH+]3CCN(c4ccccc4F)CC3)C(c3ccccc3C)C2)c(C)c1. The van der Waals surface area contributed by atoms with E-state index in [4.69, 9.17) is 5.10 Å². The van der Waals surface area contributed by atoms with Crippen molar-refractivity contribution in [1.29, 1.82) is 0 Å². The fraction of sp³-hybridized carbons (Fsp3) is 0.333. The van der Waals surface area contributed by atoms with E-state index in [9.17, 15) is 9.18 Å². The maximum absolute atomic E-state index is 14.2. The summed E-state index contributed by atoms with van der Waals surface area (Å²) in [6, 6.07) is 21.5. The first kappa shape index (κ1) is 24.2. The molecule has 2 aliphatic heterocycles. The maximum Gasteiger partial charge on any atom is 0.298 e. The van der Waals surface area contributed by atoms with Crippen molar-refractivity contribution in [2.75, 3.05) is 37.6 Å². The number of benzene rings is 3. The minimum Gasteiger partial charge on any atom is -0.358 e. The summed E-state index contributed by atoms with van der Waals surface area (Å²) in [5.74, 6) is -0.152. The first-order chi connectivity index (χ1) is 17.4. The highest BCUT2D eigenvalue weighted by atomic mass is 19.1. The van der Waals surface area contributed by atoms with Gasteiger partial charge in [-0.1, -0.05) is 60.2 Å². The van der Waals surface area contributed by atoms with E-state index in [1.165, 1.54) is 27.7 Å². The van der Waals surface area contributed by atoms with E-state index in [0.29, 0.717) is 18.7 Å². The van der Waals surface area contributed by atoms with E-state index in [2.05, 4.69) is 56.0 Å². The smallest absolute Gasteiger partial charge is 0.298 e. The Morgan fingerprint density at radius 1 is 0.972 bits per heavy atom. The Morgan fingerprint density at radius 2 is 1.69 bits per heavy atom. The minimum atomic E-state index is -0.191. The van der Waals surface area contributed by atoms with Gasteiger partial charge in [-0.15, -0.1) is 0 Å². The molecule has 6 heteroatoms. The van der Waals surface area contributed by atoms with Gasteiger partial charge in [0.05, 0.1) is 43.6 Å². The van der Waals surface area contributed by atoms with E-state index < -0.39 is 0 Å². The number of anilines is 1. The van der Waals surface area contributed by atoms with Crippen molar-refractivity contribution in [3.8, 4) is 0 Å². The number of carbonyl (C=O) groups is 1. The zero-order chi connectivity index (χ0) is 25.2. The van der Waals surface area contributed by atoms with Crippen molar-refractivity contribution >= 4 is 17.3 Å². The van der Waals surface area contributed by atoms with Crippen LogP contribution in [0.4, 0.5) is 10.1 Å². The van der Waals surface area contributed by atoms with Crippen LogP contribution in [0.25, 0.3) is 0 Å². The van der Waals surface area contributed by atoms with Gasteiger partial charge < -0.3 is 9.80 Å². The summed E-state index contributed by atoms with van der Waals surface area (Å²) in [5, 5.41) is 6.64. The van der Waals surface area contributed by atoms with Gasteiger partial charge in [0.25, 0.3) is 5.91 Å². The highest BCUT2D eigenvalue weighted by molar-refractivity contribution is 6.04. The van der Waals surface area contributed by atoms with Gasteiger partial charge >= 0.3 is 0 Å². The molecule has 3 aromatic carbocycles. The number of carbonyl (C=O) groups excluding carboxylic acids is 1. The Bertz CT molecular complexity index is 1300. The van der Waals surface area contributed by atoms with Gasteiger partial charge in [-0.2, -0.15) is 5.10 Å². The van der Waals surface area contributed by atoms with Crippen LogP contribution in [0.1, 0.15) is 40.3 Å². The molecule has 0 aliphatic carbocycles. The molecule has 5 rings (SSSR count). The van der Waals surface area contributed by atoms with E-state index >= 15 is 0 Å². The Labute approximate surface area is 212 Å². The molecule has 1 N–H and O–H groups in total. The fourth-order valence-electron chi connectivity index (χ4n) is 5.49. The van der Waals surface area contributed by atoms with Crippen molar-refractivity contribution in [2.24, 2.45) is 5.10 Å². The molecule has 0 bridgehead atoms. The predicted octanol–water partition coefficient (Wildman–Crippen LogP) is 3.83. The third kappa shape index (κ3) is 4.91. The van der Waals surface area contributed by atoms with Crippen LogP contribution in [0.3, 0.4) is 0 Å². The van der Waals surface area contributed by atoms with Gasteiger partial charge in [0.2, 0.25) is 0 Å². The molecule has 3 aromatic rings. The number of aryl methyl sites for hydroxylation is 3. The summed E-state index contributed by atoms with van der Waals surface area (Å²) in [6.45, 7) is 9.71. The molecule has 0 saturated carbocycles. The van der Waals surface area contributed by atoms with Crippen molar-refractivity contribution in [2.45, 2.75) is 33.2 Å². The maximum atomic E-state index is 14.2. The second-order valence-corrected chi connectivity index (χ2v) is 10.0. The monoisotopic (exact) mass is 485 g/mol. The lowest BCUT2D eigenvalue weighted by Gasteiger charge is -2.34. The highest BCUT2D eigenvalue weighted by Gasteiger charge is 2.36. The zero-order valence-electron chi connectivity index (χ0n) is 21.3. The number of hydrazone groups is 1. The van der Waals surface area contributed by atoms with Crippen molar-refractivity contribution in [3.05, 3.63) is 100 Å². The van der Waals surface area contributed by atoms with Crippen molar-refractivity contribution in [1.82, 2.24) is 5.01 Å². The van der Waals surface area contributed by atoms with Gasteiger partial charge in [-0.05, 0) is 49.6 Å².